The average Bonchev–Trinajstić information content (AvgIpc) is 1.65. The van der Waals surface area contributed by atoms with Crippen LogP contribution in [0.1, 0.15) is 13.3 Å². The largest absolute Gasteiger partial charge is 0.410 e. The van der Waals surface area contributed by atoms with Crippen molar-refractivity contribution in [2.75, 3.05) is 0 Å². The summed E-state index contributed by atoms with van der Waals surface area (Å²) >= 11 is 0. The zero-order valence-electron chi connectivity index (χ0n) is 4.77. The third-order valence-electron chi connectivity index (χ3n) is 0.712. The summed E-state index contributed by atoms with van der Waals surface area (Å²) in [5.74, 6) is 0. The van der Waals surface area contributed by atoms with Crippen molar-refractivity contribution in [1.29, 1.82) is 0 Å². The predicted molar refractivity (Wildman–Crippen MR) is 31.1 cm³/mol. The van der Waals surface area contributed by atoms with Crippen molar-refractivity contribution in [3.63, 3.8) is 0 Å². The summed E-state index contributed by atoms with van der Waals surface area (Å²) in [4.78, 5) is 0. The second kappa shape index (κ2) is 2.79. The minimum Gasteiger partial charge on any atom is -0.410 e. The molecule has 0 aliphatic heterocycles. The molecule has 0 saturated heterocycles. The fourth-order valence-corrected chi connectivity index (χ4v) is 0.773. The third-order valence-corrected chi connectivity index (χ3v) is 1.68. The molecule has 0 bridgehead atoms. The van der Waals surface area contributed by atoms with Crippen LogP contribution in [0.15, 0.2) is 5.16 Å². The summed E-state index contributed by atoms with van der Waals surface area (Å²) in [6.07, 6.45) is -0.0185. The van der Waals surface area contributed by atoms with Gasteiger partial charge in [-0.15, -0.1) is 0 Å². The molecule has 0 unspecified atom stereocenters. The Balaban J connectivity index is 4.56. The Hall–Kier alpha value is -0.620. The second-order valence-corrected chi connectivity index (χ2v) is 2.74. The van der Waals surface area contributed by atoms with E-state index in [4.69, 9.17) is 9.76 Å². The Labute approximate surface area is 52.7 Å². The van der Waals surface area contributed by atoms with Gasteiger partial charge >= 0.3 is 10.1 Å². The average molecular weight is 153 g/mol. The molecule has 5 nitrogen and oxygen atoms in total. The van der Waals surface area contributed by atoms with Gasteiger partial charge in [-0.05, 0) is 0 Å². The molecule has 0 saturated carbocycles. The first-order valence-corrected chi connectivity index (χ1v) is 3.64. The molecule has 0 spiro atoms. The van der Waals surface area contributed by atoms with E-state index < -0.39 is 15.2 Å². The molecular weight excluding hydrogens is 146 g/mol. The number of rotatable bonds is 1. The Morgan fingerprint density at radius 1 is 1.67 bits per heavy atom. The van der Waals surface area contributed by atoms with Gasteiger partial charge in [-0.3, -0.25) is 4.55 Å². The van der Waals surface area contributed by atoms with E-state index in [9.17, 15) is 8.42 Å². The van der Waals surface area contributed by atoms with Gasteiger partial charge in [0, 0.05) is 6.42 Å². The van der Waals surface area contributed by atoms with Crippen molar-refractivity contribution >= 4 is 15.2 Å². The van der Waals surface area contributed by atoms with Crippen molar-refractivity contribution in [1.82, 2.24) is 0 Å². The summed E-state index contributed by atoms with van der Waals surface area (Å²) in [5, 5.41) is 9.64. The standard InChI is InChI=1S/C3H7NO4S/c1-2-3(4-5)9(6,7)8/h5H,2H2,1H3,(H,6,7,8). The molecule has 6 heteroatoms. The zero-order chi connectivity index (χ0) is 7.49. The quantitative estimate of drug-likeness (QED) is 0.183. The lowest BCUT2D eigenvalue weighted by molar-refractivity contribution is 0.318. The van der Waals surface area contributed by atoms with Crippen LogP contribution in [0.5, 0.6) is 0 Å². The number of hydrogen-bond donors (Lipinski definition) is 2. The van der Waals surface area contributed by atoms with Crippen LogP contribution in [-0.4, -0.2) is 23.2 Å². The number of hydrogen-bond acceptors (Lipinski definition) is 4. The van der Waals surface area contributed by atoms with Crippen LogP contribution in [-0.2, 0) is 10.1 Å². The van der Waals surface area contributed by atoms with Gasteiger partial charge in [0.25, 0.3) is 0 Å². The van der Waals surface area contributed by atoms with Crippen LogP contribution < -0.4 is 0 Å². The van der Waals surface area contributed by atoms with Crippen molar-refractivity contribution in [2.45, 2.75) is 13.3 Å². The highest BCUT2D eigenvalue weighted by Gasteiger charge is 2.12. The molecule has 0 atom stereocenters. The van der Waals surface area contributed by atoms with E-state index in [0.29, 0.717) is 0 Å². The summed E-state index contributed by atoms with van der Waals surface area (Å²) in [7, 11) is -4.27. The van der Waals surface area contributed by atoms with Crippen LogP contribution in [0, 0.1) is 0 Å². The highest BCUT2D eigenvalue weighted by Crippen LogP contribution is 1.92. The van der Waals surface area contributed by atoms with Crippen molar-refractivity contribution < 1.29 is 18.2 Å². The van der Waals surface area contributed by atoms with Gasteiger partial charge in [0.05, 0.1) is 0 Å². The van der Waals surface area contributed by atoms with Crippen LogP contribution >= 0.6 is 0 Å². The molecular formula is C3H7NO4S. The molecule has 0 aromatic heterocycles. The van der Waals surface area contributed by atoms with Crippen molar-refractivity contribution in [3.05, 3.63) is 0 Å². The first-order valence-electron chi connectivity index (χ1n) is 2.20. The summed E-state index contributed by atoms with van der Waals surface area (Å²) in [6, 6.07) is 0. The topological polar surface area (TPSA) is 87.0 Å². The molecule has 0 heterocycles. The van der Waals surface area contributed by atoms with Crippen LogP contribution in [0.3, 0.4) is 0 Å². The molecule has 0 aliphatic carbocycles. The summed E-state index contributed by atoms with van der Waals surface area (Å²) in [5.41, 5.74) is 0. The lowest BCUT2D eigenvalue weighted by atomic mass is 10.5. The Kier molecular flexibility index (Phi) is 2.60. The molecule has 0 aromatic rings. The van der Waals surface area contributed by atoms with Gasteiger partial charge in [-0.1, -0.05) is 12.1 Å². The molecule has 9 heavy (non-hydrogen) atoms. The predicted octanol–water partition coefficient (Wildman–Crippen LogP) is 0.0719. The SMILES string of the molecule is CCC(=NO)S(=O)(=O)O. The maximum Gasteiger partial charge on any atom is 0.311 e. The lowest BCUT2D eigenvalue weighted by Crippen LogP contribution is -2.11. The molecule has 2 N–H and O–H groups in total. The lowest BCUT2D eigenvalue weighted by Gasteiger charge is -1.92. The monoisotopic (exact) mass is 153 g/mol. The highest BCUT2D eigenvalue weighted by atomic mass is 32.2. The molecule has 0 fully saturated rings. The van der Waals surface area contributed by atoms with Crippen molar-refractivity contribution in [2.24, 2.45) is 5.16 Å². The van der Waals surface area contributed by atoms with Gasteiger partial charge in [0.15, 0.2) is 5.04 Å². The first-order chi connectivity index (χ1) is 4.02. The van der Waals surface area contributed by atoms with Crippen molar-refractivity contribution in [3.8, 4) is 0 Å². The van der Waals surface area contributed by atoms with Gasteiger partial charge in [0.1, 0.15) is 0 Å². The van der Waals surface area contributed by atoms with E-state index in [1.807, 2.05) is 0 Å². The number of nitrogens with zero attached hydrogens (tertiary/aromatic N) is 1. The maximum atomic E-state index is 10.1. The van der Waals surface area contributed by atoms with Crippen LogP contribution in [0.2, 0.25) is 0 Å². The fraction of sp³-hybridized carbons (Fsp3) is 0.667. The fourth-order valence-electron chi connectivity index (χ4n) is 0.305. The minimum absolute atomic E-state index is 0.0185. The van der Waals surface area contributed by atoms with E-state index >= 15 is 0 Å². The van der Waals surface area contributed by atoms with Gasteiger partial charge in [-0.2, -0.15) is 8.42 Å². The molecule has 54 valence electrons. The van der Waals surface area contributed by atoms with E-state index in [0.717, 1.165) is 0 Å². The smallest absolute Gasteiger partial charge is 0.311 e. The Morgan fingerprint density at radius 3 is 2.11 bits per heavy atom. The third kappa shape index (κ3) is 2.43. The number of oxime groups is 1. The van der Waals surface area contributed by atoms with E-state index in [-0.39, 0.29) is 6.42 Å². The van der Waals surface area contributed by atoms with Gasteiger partial charge in [0.2, 0.25) is 0 Å². The first kappa shape index (κ1) is 8.38. The normalized spacial score (nSPS) is 13.8. The molecule has 0 aromatic carbocycles. The van der Waals surface area contributed by atoms with E-state index in [1.165, 1.54) is 6.92 Å². The Morgan fingerprint density at radius 2 is 2.11 bits per heavy atom. The molecule has 0 aliphatic rings. The van der Waals surface area contributed by atoms with E-state index in [2.05, 4.69) is 5.16 Å². The van der Waals surface area contributed by atoms with E-state index in [1.54, 1.807) is 0 Å². The Bertz CT molecular complexity index is 204. The molecule has 0 amide bonds. The van der Waals surface area contributed by atoms with Crippen LogP contribution in [0.25, 0.3) is 0 Å². The van der Waals surface area contributed by atoms with Gasteiger partial charge < -0.3 is 5.21 Å². The maximum absolute atomic E-state index is 10.1. The van der Waals surface area contributed by atoms with Crippen LogP contribution in [0.4, 0.5) is 0 Å². The van der Waals surface area contributed by atoms with Gasteiger partial charge in [-0.25, -0.2) is 0 Å². The summed E-state index contributed by atoms with van der Waals surface area (Å²) in [6.45, 7) is 1.45. The minimum atomic E-state index is -4.27. The molecule has 0 rings (SSSR count). The second-order valence-electron chi connectivity index (χ2n) is 1.32. The highest BCUT2D eigenvalue weighted by molar-refractivity contribution is 8.01. The summed E-state index contributed by atoms with van der Waals surface area (Å²) < 4.78 is 28.3. The zero-order valence-corrected chi connectivity index (χ0v) is 5.59. The molecule has 0 radical (unpaired) electrons.